The van der Waals surface area contributed by atoms with Crippen molar-refractivity contribution in [3.05, 3.63) is 47.7 Å². The number of benzene rings is 1. The van der Waals surface area contributed by atoms with Crippen LogP contribution in [0.5, 0.6) is 0 Å². The molecule has 4 heteroatoms. The van der Waals surface area contributed by atoms with Crippen LogP contribution in [-0.2, 0) is 12.8 Å². The Balaban J connectivity index is 1.74. The molecule has 21 heavy (non-hydrogen) atoms. The number of hydrogen-bond donors (Lipinski definition) is 1. The first-order chi connectivity index (χ1) is 10.2. The molecule has 1 aliphatic carbocycles. The van der Waals surface area contributed by atoms with E-state index < -0.39 is 0 Å². The van der Waals surface area contributed by atoms with E-state index in [1.54, 1.807) is 6.26 Å². The number of fused-ring (bicyclic) bond motifs is 1. The lowest BCUT2D eigenvalue weighted by Gasteiger charge is -2.33. The molecule has 1 aromatic heterocycles. The van der Waals surface area contributed by atoms with Crippen molar-refractivity contribution in [2.24, 2.45) is 10.7 Å². The highest BCUT2D eigenvalue weighted by molar-refractivity contribution is 5.80. The third kappa shape index (κ3) is 1.94. The number of hydrogen-bond acceptors (Lipinski definition) is 4. The zero-order valence-corrected chi connectivity index (χ0v) is 12.2. The molecule has 0 amide bonds. The molecule has 108 valence electrons. The number of nitrogens with two attached hydrogens (primary N) is 1. The molecule has 2 aliphatic rings. The zero-order chi connectivity index (χ0) is 14.4. The molecule has 0 saturated carbocycles. The Bertz CT molecular complexity index is 705. The highest BCUT2D eigenvalue weighted by Crippen LogP contribution is 2.39. The number of likely N-dealkylation sites (N-methyl/N-ethyl adjacent to an activating group) is 1. The van der Waals surface area contributed by atoms with Crippen molar-refractivity contribution in [3.8, 4) is 11.3 Å². The number of rotatable bonds is 1. The average molecular weight is 281 g/mol. The molecule has 1 spiro atoms. The van der Waals surface area contributed by atoms with Crippen molar-refractivity contribution < 1.29 is 4.42 Å². The van der Waals surface area contributed by atoms with Crippen LogP contribution in [0.15, 0.2) is 46.0 Å². The smallest absolute Gasteiger partial charge is 0.191 e. The molecule has 0 saturated heterocycles. The predicted octanol–water partition coefficient (Wildman–Crippen LogP) is 2.43. The summed E-state index contributed by atoms with van der Waals surface area (Å²) in [5, 5.41) is 0. The molecule has 1 aromatic carbocycles. The van der Waals surface area contributed by atoms with E-state index in [1.165, 1.54) is 16.7 Å². The Hall–Kier alpha value is -2.23. The molecule has 1 unspecified atom stereocenters. The van der Waals surface area contributed by atoms with E-state index in [-0.39, 0.29) is 5.54 Å². The van der Waals surface area contributed by atoms with Gasteiger partial charge in [0, 0.05) is 19.2 Å². The third-order valence-electron chi connectivity index (χ3n) is 4.69. The molecule has 0 fully saturated rings. The van der Waals surface area contributed by atoms with Crippen molar-refractivity contribution >= 4 is 5.96 Å². The summed E-state index contributed by atoms with van der Waals surface area (Å²) in [6, 6.07) is 10.4. The maximum Gasteiger partial charge on any atom is 0.191 e. The summed E-state index contributed by atoms with van der Waals surface area (Å²) >= 11 is 0. The zero-order valence-electron chi connectivity index (χ0n) is 12.2. The molecular weight excluding hydrogens is 262 g/mol. The Labute approximate surface area is 124 Å². The number of furan rings is 1. The van der Waals surface area contributed by atoms with Crippen molar-refractivity contribution in [1.29, 1.82) is 0 Å². The van der Waals surface area contributed by atoms with Crippen LogP contribution in [0.25, 0.3) is 11.3 Å². The number of aliphatic imine (C=N–C) groups is 1. The average Bonchev–Trinajstić information content (AvgIpc) is 3.08. The molecule has 4 rings (SSSR count). The van der Waals surface area contributed by atoms with Gasteiger partial charge < -0.3 is 15.1 Å². The Morgan fingerprint density at radius 2 is 2.19 bits per heavy atom. The largest absolute Gasteiger partial charge is 0.464 e. The summed E-state index contributed by atoms with van der Waals surface area (Å²) in [6.45, 7) is 0.920. The van der Waals surface area contributed by atoms with Crippen LogP contribution in [0.2, 0.25) is 0 Å². The third-order valence-corrected chi connectivity index (χ3v) is 4.69. The lowest BCUT2D eigenvalue weighted by molar-refractivity contribution is 0.335. The van der Waals surface area contributed by atoms with E-state index in [9.17, 15) is 0 Å². The van der Waals surface area contributed by atoms with Gasteiger partial charge in [0.2, 0.25) is 0 Å². The minimum Gasteiger partial charge on any atom is -0.464 e. The maximum absolute atomic E-state index is 5.97. The van der Waals surface area contributed by atoms with Crippen LogP contribution in [0.3, 0.4) is 0 Å². The molecule has 2 N–H and O–H groups in total. The minimum absolute atomic E-state index is 0.0341. The van der Waals surface area contributed by atoms with Crippen molar-refractivity contribution in [1.82, 2.24) is 4.90 Å². The molecule has 0 radical (unpaired) electrons. The summed E-state index contributed by atoms with van der Waals surface area (Å²) in [4.78, 5) is 6.81. The Morgan fingerprint density at radius 1 is 1.29 bits per heavy atom. The van der Waals surface area contributed by atoms with Gasteiger partial charge in [0.1, 0.15) is 5.76 Å². The fourth-order valence-electron chi connectivity index (χ4n) is 3.68. The lowest BCUT2D eigenvalue weighted by Crippen LogP contribution is -2.39. The highest BCUT2D eigenvalue weighted by atomic mass is 16.3. The first kappa shape index (κ1) is 12.5. The van der Waals surface area contributed by atoms with E-state index >= 15 is 0 Å². The summed E-state index contributed by atoms with van der Waals surface area (Å²) in [5.74, 6) is 1.62. The van der Waals surface area contributed by atoms with Crippen LogP contribution < -0.4 is 5.73 Å². The molecule has 2 aromatic rings. The van der Waals surface area contributed by atoms with Crippen molar-refractivity contribution in [2.45, 2.75) is 24.8 Å². The van der Waals surface area contributed by atoms with Crippen LogP contribution in [0, 0.1) is 0 Å². The van der Waals surface area contributed by atoms with Gasteiger partial charge in [0.15, 0.2) is 5.96 Å². The van der Waals surface area contributed by atoms with Gasteiger partial charge in [0.25, 0.3) is 0 Å². The van der Waals surface area contributed by atoms with Crippen LogP contribution in [-0.4, -0.2) is 30.0 Å². The normalized spacial score (nSPS) is 24.2. The molecule has 1 atom stereocenters. The van der Waals surface area contributed by atoms with Crippen LogP contribution in [0.4, 0.5) is 0 Å². The Kier molecular flexibility index (Phi) is 2.61. The molecule has 0 bridgehead atoms. The Morgan fingerprint density at radius 3 is 2.90 bits per heavy atom. The van der Waals surface area contributed by atoms with Crippen LogP contribution in [0.1, 0.15) is 17.5 Å². The standard InChI is InChI=1S/C17H19N3O/c1-20-11-17(19-16(20)18)8-7-13-12(10-17)4-2-5-14(13)15-6-3-9-21-15/h2-6,9H,7-8,10-11H2,1H3,(H2,18,19). The topological polar surface area (TPSA) is 54.8 Å². The lowest BCUT2D eigenvalue weighted by atomic mass is 9.77. The predicted molar refractivity (Wildman–Crippen MR) is 83.2 cm³/mol. The molecule has 1 aliphatic heterocycles. The number of nitrogens with zero attached hydrogens (tertiary/aromatic N) is 2. The van der Waals surface area contributed by atoms with Gasteiger partial charge in [-0.2, -0.15) is 0 Å². The van der Waals surface area contributed by atoms with E-state index in [2.05, 4.69) is 23.1 Å². The van der Waals surface area contributed by atoms with E-state index in [1.807, 2.05) is 19.2 Å². The van der Waals surface area contributed by atoms with Crippen molar-refractivity contribution in [3.63, 3.8) is 0 Å². The van der Waals surface area contributed by atoms with E-state index in [4.69, 9.17) is 15.1 Å². The van der Waals surface area contributed by atoms with Gasteiger partial charge in [0.05, 0.1) is 11.8 Å². The maximum atomic E-state index is 5.97. The summed E-state index contributed by atoms with van der Waals surface area (Å²) in [5.41, 5.74) is 9.94. The molecular formula is C17H19N3O. The second-order valence-electron chi connectivity index (χ2n) is 6.15. The highest BCUT2D eigenvalue weighted by Gasteiger charge is 2.40. The summed E-state index contributed by atoms with van der Waals surface area (Å²) in [7, 11) is 2.02. The van der Waals surface area contributed by atoms with Gasteiger partial charge >= 0.3 is 0 Å². The quantitative estimate of drug-likeness (QED) is 0.873. The fraction of sp³-hybridized carbons (Fsp3) is 0.353. The molecule has 2 heterocycles. The second-order valence-corrected chi connectivity index (χ2v) is 6.15. The monoisotopic (exact) mass is 281 g/mol. The van der Waals surface area contributed by atoms with Crippen molar-refractivity contribution in [2.75, 3.05) is 13.6 Å². The van der Waals surface area contributed by atoms with Gasteiger partial charge in [-0.25, -0.2) is 4.99 Å². The van der Waals surface area contributed by atoms with Gasteiger partial charge in [-0.05, 0) is 42.5 Å². The second kappa shape index (κ2) is 4.38. The summed E-state index contributed by atoms with van der Waals surface area (Å²) in [6.07, 6.45) is 4.76. The SMILES string of the molecule is CN1CC2(CCc3c(cccc3-c3ccco3)C2)N=C1N. The first-order valence-electron chi connectivity index (χ1n) is 7.38. The minimum atomic E-state index is -0.0341. The van der Waals surface area contributed by atoms with Gasteiger partial charge in [-0.1, -0.05) is 18.2 Å². The summed E-state index contributed by atoms with van der Waals surface area (Å²) < 4.78 is 5.58. The first-order valence-corrected chi connectivity index (χ1v) is 7.38. The van der Waals surface area contributed by atoms with E-state index in [0.29, 0.717) is 5.96 Å². The van der Waals surface area contributed by atoms with Gasteiger partial charge in [-0.3, -0.25) is 0 Å². The van der Waals surface area contributed by atoms with E-state index in [0.717, 1.165) is 31.6 Å². The number of guanidine groups is 1. The van der Waals surface area contributed by atoms with Gasteiger partial charge in [-0.15, -0.1) is 0 Å². The fourth-order valence-corrected chi connectivity index (χ4v) is 3.68. The molecule has 4 nitrogen and oxygen atoms in total. The van der Waals surface area contributed by atoms with Crippen LogP contribution >= 0.6 is 0 Å².